The van der Waals surface area contributed by atoms with Crippen LogP contribution in [0.4, 0.5) is 0 Å². The van der Waals surface area contributed by atoms with E-state index in [0.717, 1.165) is 10.9 Å². The van der Waals surface area contributed by atoms with Crippen LogP contribution in [0.25, 0.3) is 0 Å². The number of hydrogen-bond acceptors (Lipinski definition) is 1. The van der Waals surface area contributed by atoms with Gasteiger partial charge in [0.15, 0.2) is 0 Å². The van der Waals surface area contributed by atoms with E-state index in [-0.39, 0.29) is 0 Å². The van der Waals surface area contributed by atoms with Crippen LogP contribution in [0.15, 0.2) is 22.7 Å². The molecule has 1 aromatic rings. The van der Waals surface area contributed by atoms with Crippen LogP contribution in [0, 0.1) is 0 Å². The van der Waals surface area contributed by atoms with Crippen molar-refractivity contribution in [2.45, 2.75) is 18.6 Å². The molecule has 56 valence electrons. The molecule has 1 aliphatic heterocycles. The van der Waals surface area contributed by atoms with Crippen LogP contribution < -0.4 is 0 Å². The molecule has 0 amide bonds. The lowest BCUT2D eigenvalue weighted by atomic mass is 10.1. The Kier molecular flexibility index (Phi) is 1.06. The van der Waals surface area contributed by atoms with E-state index in [4.69, 9.17) is 4.74 Å². The van der Waals surface area contributed by atoms with Crippen LogP contribution in [0.1, 0.15) is 17.2 Å². The van der Waals surface area contributed by atoms with Crippen LogP contribution in [0.3, 0.4) is 0 Å². The number of ether oxygens (including phenoxy) is 1. The fraction of sp³-hybridized carbons (Fsp3) is 0.333. The monoisotopic (exact) mass is 210 g/mol. The van der Waals surface area contributed by atoms with Crippen molar-refractivity contribution in [1.82, 2.24) is 0 Å². The minimum Gasteiger partial charge on any atom is -0.364 e. The third-order valence-corrected chi connectivity index (χ3v) is 2.91. The van der Waals surface area contributed by atoms with E-state index in [1.807, 2.05) is 0 Å². The van der Waals surface area contributed by atoms with Gasteiger partial charge < -0.3 is 4.74 Å². The molecule has 2 heteroatoms. The zero-order valence-electron chi connectivity index (χ0n) is 5.88. The van der Waals surface area contributed by atoms with Crippen LogP contribution in [-0.2, 0) is 11.2 Å². The quantitative estimate of drug-likeness (QED) is 0.600. The maximum Gasteiger partial charge on any atom is 0.110 e. The van der Waals surface area contributed by atoms with Gasteiger partial charge in [-0.05, 0) is 23.3 Å². The molecule has 2 atom stereocenters. The molecule has 0 N–H and O–H groups in total. The number of halogens is 1. The molecule has 1 saturated heterocycles. The van der Waals surface area contributed by atoms with Crippen molar-refractivity contribution in [3.05, 3.63) is 33.8 Å². The van der Waals surface area contributed by atoms with Crippen LogP contribution in [0.5, 0.6) is 0 Å². The molecule has 1 aromatic carbocycles. The van der Waals surface area contributed by atoms with Gasteiger partial charge in [0.25, 0.3) is 0 Å². The van der Waals surface area contributed by atoms with Gasteiger partial charge in [0.2, 0.25) is 0 Å². The maximum atomic E-state index is 5.41. The van der Waals surface area contributed by atoms with E-state index >= 15 is 0 Å². The summed E-state index contributed by atoms with van der Waals surface area (Å²) in [5.74, 6) is 0. The molecule has 0 spiro atoms. The first kappa shape index (κ1) is 6.21. The maximum absolute atomic E-state index is 5.41. The summed E-state index contributed by atoms with van der Waals surface area (Å²) in [5.41, 5.74) is 2.86. The van der Waals surface area contributed by atoms with Gasteiger partial charge in [-0.1, -0.05) is 22.0 Å². The summed E-state index contributed by atoms with van der Waals surface area (Å²) in [6.45, 7) is 0. The molecule has 1 heterocycles. The Labute approximate surface area is 73.5 Å². The third-order valence-electron chi connectivity index (χ3n) is 2.42. The first-order valence-corrected chi connectivity index (χ1v) is 4.58. The summed E-state index contributed by atoms with van der Waals surface area (Å²) in [6, 6.07) is 6.46. The van der Waals surface area contributed by atoms with Crippen LogP contribution in [0.2, 0.25) is 0 Å². The molecular weight excluding hydrogens is 204 g/mol. The molecule has 2 aliphatic rings. The second-order valence-electron chi connectivity index (χ2n) is 3.14. The molecule has 1 nitrogen and oxygen atoms in total. The van der Waals surface area contributed by atoms with E-state index in [1.54, 1.807) is 0 Å². The van der Waals surface area contributed by atoms with Gasteiger partial charge in [0.05, 0.1) is 6.10 Å². The zero-order valence-corrected chi connectivity index (χ0v) is 7.47. The van der Waals surface area contributed by atoms with Crippen molar-refractivity contribution in [3.8, 4) is 0 Å². The summed E-state index contributed by atoms with van der Waals surface area (Å²) in [5, 5.41) is 0. The number of fused-ring (bicyclic) bond motifs is 3. The number of hydrogen-bond donors (Lipinski definition) is 0. The summed E-state index contributed by atoms with van der Waals surface area (Å²) < 4.78 is 6.57. The molecule has 0 aromatic heterocycles. The number of epoxide rings is 1. The number of rotatable bonds is 0. The van der Waals surface area contributed by atoms with Crippen LogP contribution in [-0.4, -0.2) is 6.10 Å². The van der Waals surface area contributed by atoms with Gasteiger partial charge >= 0.3 is 0 Å². The molecular formula is C9H7BrO. The molecule has 1 fully saturated rings. The van der Waals surface area contributed by atoms with Gasteiger partial charge in [-0.3, -0.25) is 0 Å². The highest BCUT2D eigenvalue weighted by molar-refractivity contribution is 9.10. The molecule has 3 rings (SSSR count). The predicted molar refractivity (Wildman–Crippen MR) is 45.5 cm³/mol. The lowest BCUT2D eigenvalue weighted by Crippen LogP contribution is -1.87. The fourth-order valence-corrected chi connectivity index (χ4v) is 2.18. The first-order chi connectivity index (χ1) is 5.34. The molecule has 0 unspecified atom stereocenters. The highest BCUT2D eigenvalue weighted by Gasteiger charge is 2.46. The standard InChI is InChI=1S/C9H7BrO/c10-6-2-1-5-3-8-9(11-8)7(5)4-6/h1-2,4,8-9H,3H2/t8-,9+/m1/s1. The van der Waals surface area contributed by atoms with Gasteiger partial charge in [0, 0.05) is 10.9 Å². The minimum atomic E-state index is 0.433. The Hall–Kier alpha value is -0.340. The first-order valence-electron chi connectivity index (χ1n) is 3.78. The highest BCUT2D eigenvalue weighted by atomic mass is 79.9. The van der Waals surface area contributed by atoms with Gasteiger partial charge in [0.1, 0.15) is 6.10 Å². The molecule has 0 saturated carbocycles. The third kappa shape index (κ3) is 0.797. The lowest BCUT2D eigenvalue weighted by Gasteiger charge is -2.00. The number of benzene rings is 1. The normalized spacial score (nSPS) is 31.4. The topological polar surface area (TPSA) is 12.5 Å². The van der Waals surface area contributed by atoms with Crippen molar-refractivity contribution < 1.29 is 4.74 Å². The Morgan fingerprint density at radius 2 is 2.36 bits per heavy atom. The summed E-state index contributed by atoms with van der Waals surface area (Å²) in [6.07, 6.45) is 2.06. The fourth-order valence-electron chi connectivity index (χ4n) is 1.80. The second-order valence-corrected chi connectivity index (χ2v) is 4.06. The van der Waals surface area contributed by atoms with Crippen LogP contribution >= 0.6 is 15.9 Å². The minimum absolute atomic E-state index is 0.433. The van der Waals surface area contributed by atoms with Crippen molar-refractivity contribution in [2.75, 3.05) is 0 Å². The highest BCUT2D eigenvalue weighted by Crippen LogP contribution is 2.49. The van der Waals surface area contributed by atoms with Crippen molar-refractivity contribution >= 4 is 15.9 Å². The van der Waals surface area contributed by atoms with Gasteiger partial charge in [-0.25, -0.2) is 0 Å². The summed E-state index contributed by atoms with van der Waals surface area (Å²) in [4.78, 5) is 0. The summed E-state index contributed by atoms with van der Waals surface area (Å²) in [7, 11) is 0. The molecule has 1 aliphatic carbocycles. The lowest BCUT2D eigenvalue weighted by molar-refractivity contribution is 0.361. The van der Waals surface area contributed by atoms with E-state index in [9.17, 15) is 0 Å². The Morgan fingerprint density at radius 1 is 1.45 bits per heavy atom. The van der Waals surface area contributed by atoms with E-state index < -0.39 is 0 Å². The van der Waals surface area contributed by atoms with E-state index in [0.29, 0.717) is 12.2 Å². The molecule has 11 heavy (non-hydrogen) atoms. The smallest absolute Gasteiger partial charge is 0.110 e. The average molecular weight is 211 g/mol. The molecule has 0 bridgehead atoms. The van der Waals surface area contributed by atoms with Crippen molar-refractivity contribution in [1.29, 1.82) is 0 Å². The van der Waals surface area contributed by atoms with Gasteiger partial charge in [-0.2, -0.15) is 0 Å². The van der Waals surface area contributed by atoms with E-state index in [2.05, 4.69) is 34.1 Å². The van der Waals surface area contributed by atoms with E-state index in [1.165, 1.54) is 11.1 Å². The largest absolute Gasteiger partial charge is 0.364 e. The SMILES string of the molecule is Brc1ccc2c(c1)[C@@H]1O[C@@H]1C2. The van der Waals surface area contributed by atoms with Gasteiger partial charge in [-0.15, -0.1) is 0 Å². The van der Waals surface area contributed by atoms with Crippen molar-refractivity contribution in [2.24, 2.45) is 0 Å². The predicted octanol–water partition coefficient (Wildman–Crippen LogP) is 2.45. The summed E-state index contributed by atoms with van der Waals surface area (Å²) >= 11 is 3.46. The Balaban J connectivity index is 2.20. The zero-order chi connectivity index (χ0) is 7.42. The van der Waals surface area contributed by atoms with Crippen molar-refractivity contribution in [3.63, 3.8) is 0 Å². The second kappa shape index (κ2) is 1.87. The molecule has 0 radical (unpaired) electrons. The Morgan fingerprint density at radius 3 is 3.27 bits per heavy atom. The average Bonchev–Trinajstić information content (AvgIpc) is 2.67. The Bertz CT molecular complexity index is 321.